The Bertz CT molecular complexity index is 967. The Labute approximate surface area is 197 Å². The topological polar surface area (TPSA) is 129 Å². The summed E-state index contributed by atoms with van der Waals surface area (Å²) in [7, 11) is -3.59. The fourth-order valence-corrected chi connectivity index (χ4v) is 4.42. The SMILES string of the molecule is CC[C@H](CO)Nc1nc(Nc2ccc(S(=O)(=O)NCCN3CCOCC3)cc2)ncc1Br. The fourth-order valence-electron chi connectivity index (χ4n) is 3.09. The molecule has 1 aliphatic rings. The van der Waals surface area contributed by atoms with Crippen LogP contribution < -0.4 is 15.4 Å². The largest absolute Gasteiger partial charge is 0.394 e. The van der Waals surface area contributed by atoms with Crippen LogP contribution in [0.1, 0.15) is 13.3 Å². The molecule has 0 bridgehead atoms. The minimum absolute atomic E-state index is 0.00781. The molecular weight excluding hydrogens is 500 g/mol. The number of halogens is 1. The van der Waals surface area contributed by atoms with Crippen molar-refractivity contribution in [1.82, 2.24) is 19.6 Å². The van der Waals surface area contributed by atoms with Crippen molar-refractivity contribution in [2.24, 2.45) is 0 Å². The minimum Gasteiger partial charge on any atom is -0.394 e. The molecule has 0 aliphatic carbocycles. The van der Waals surface area contributed by atoms with Crippen molar-refractivity contribution < 1.29 is 18.3 Å². The molecule has 1 aromatic carbocycles. The monoisotopic (exact) mass is 528 g/mol. The predicted molar refractivity (Wildman–Crippen MR) is 127 cm³/mol. The van der Waals surface area contributed by atoms with Gasteiger partial charge in [0.05, 0.1) is 35.2 Å². The Hall–Kier alpha value is -1.83. The lowest BCUT2D eigenvalue weighted by molar-refractivity contribution is 0.0390. The van der Waals surface area contributed by atoms with Crippen LogP contribution in [-0.4, -0.2) is 80.4 Å². The molecule has 10 nitrogen and oxygen atoms in total. The van der Waals surface area contributed by atoms with Gasteiger partial charge in [-0.15, -0.1) is 0 Å². The molecule has 2 aromatic rings. The molecule has 3 rings (SSSR count). The number of nitrogens with one attached hydrogen (secondary N) is 3. The maximum atomic E-state index is 12.6. The lowest BCUT2D eigenvalue weighted by atomic mass is 10.2. The lowest BCUT2D eigenvalue weighted by Crippen LogP contribution is -2.41. The fraction of sp³-hybridized carbons (Fsp3) is 0.500. The molecule has 12 heteroatoms. The summed E-state index contributed by atoms with van der Waals surface area (Å²) in [6, 6.07) is 6.29. The van der Waals surface area contributed by atoms with Crippen LogP contribution in [0.25, 0.3) is 0 Å². The number of aromatic nitrogens is 2. The van der Waals surface area contributed by atoms with Crippen LogP contribution in [0.15, 0.2) is 39.8 Å². The van der Waals surface area contributed by atoms with Crippen molar-refractivity contribution in [2.75, 3.05) is 56.6 Å². The third kappa shape index (κ3) is 7.09. The highest BCUT2D eigenvalue weighted by molar-refractivity contribution is 9.10. The second kappa shape index (κ2) is 11.9. The maximum absolute atomic E-state index is 12.6. The van der Waals surface area contributed by atoms with E-state index in [1.165, 1.54) is 12.1 Å². The van der Waals surface area contributed by atoms with Gasteiger partial charge in [0.2, 0.25) is 16.0 Å². The van der Waals surface area contributed by atoms with E-state index in [1.807, 2.05) is 6.92 Å². The summed E-state index contributed by atoms with van der Waals surface area (Å²) >= 11 is 3.40. The zero-order valence-electron chi connectivity index (χ0n) is 17.9. The molecule has 0 radical (unpaired) electrons. The summed E-state index contributed by atoms with van der Waals surface area (Å²) in [6.07, 6.45) is 2.35. The van der Waals surface area contributed by atoms with E-state index in [4.69, 9.17) is 4.74 Å². The molecule has 1 saturated heterocycles. The number of morpholine rings is 1. The Kier molecular flexibility index (Phi) is 9.20. The molecule has 2 heterocycles. The highest BCUT2D eigenvalue weighted by Gasteiger charge is 2.16. The first-order chi connectivity index (χ1) is 15.4. The zero-order chi connectivity index (χ0) is 23.0. The molecular formula is C20H29BrN6O4S. The quantitative estimate of drug-likeness (QED) is 0.344. The van der Waals surface area contributed by atoms with Gasteiger partial charge >= 0.3 is 0 Å². The van der Waals surface area contributed by atoms with E-state index in [-0.39, 0.29) is 17.5 Å². The summed E-state index contributed by atoms with van der Waals surface area (Å²) in [6.45, 7) is 5.95. The molecule has 1 atom stereocenters. The molecule has 0 saturated carbocycles. The van der Waals surface area contributed by atoms with Gasteiger partial charge in [-0.3, -0.25) is 4.90 Å². The van der Waals surface area contributed by atoms with Gasteiger partial charge in [0.1, 0.15) is 5.82 Å². The third-order valence-electron chi connectivity index (χ3n) is 5.04. The van der Waals surface area contributed by atoms with Crippen LogP contribution in [0.2, 0.25) is 0 Å². The van der Waals surface area contributed by atoms with Crippen molar-refractivity contribution in [1.29, 1.82) is 0 Å². The van der Waals surface area contributed by atoms with E-state index in [9.17, 15) is 13.5 Å². The number of hydrogen-bond donors (Lipinski definition) is 4. The van der Waals surface area contributed by atoms with Crippen LogP contribution in [0.5, 0.6) is 0 Å². The van der Waals surface area contributed by atoms with Gasteiger partial charge in [-0.25, -0.2) is 18.1 Å². The van der Waals surface area contributed by atoms with E-state index < -0.39 is 10.0 Å². The summed E-state index contributed by atoms with van der Waals surface area (Å²) in [5, 5.41) is 15.6. The number of nitrogens with zero attached hydrogens (tertiary/aromatic N) is 3. The Balaban J connectivity index is 1.59. The van der Waals surface area contributed by atoms with Crippen molar-refractivity contribution in [3.8, 4) is 0 Å². The van der Waals surface area contributed by atoms with Gasteiger partial charge in [0.15, 0.2) is 0 Å². The lowest BCUT2D eigenvalue weighted by Gasteiger charge is -2.26. The summed E-state index contributed by atoms with van der Waals surface area (Å²) in [4.78, 5) is 11.0. The summed E-state index contributed by atoms with van der Waals surface area (Å²) in [5.74, 6) is 0.912. The van der Waals surface area contributed by atoms with Gasteiger partial charge in [-0.2, -0.15) is 4.98 Å². The first-order valence-electron chi connectivity index (χ1n) is 10.5. The molecule has 0 spiro atoms. The zero-order valence-corrected chi connectivity index (χ0v) is 20.3. The smallest absolute Gasteiger partial charge is 0.240 e. The van der Waals surface area contributed by atoms with E-state index in [0.29, 0.717) is 48.2 Å². The van der Waals surface area contributed by atoms with E-state index in [0.717, 1.165) is 19.5 Å². The third-order valence-corrected chi connectivity index (χ3v) is 7.10. The van der Waals surface area contributed by atoms with Crippen LogP contribution in [0.3, 0.4) is 0 Å². The van der Waals surface area contributed by atoms with Crippen LogP contribution in [0, 0.1) is 0 Å². The summed E-state index contributed by atoms with van der Waals surface area (Å²) < 4.78 is 33.7. The molecule has 0 unspecified atom stereocenters. The number of aliphatic hydroxyl groups excluding tert-OH is 1. The van der Waals surface area contributed by atoms with Gasteiger partial charge in [0, 0.05) is 38.1 Å². The number of aliphatic hydroxyl groups is 1. The standard InChI is InChI=1S/C20H29BrN6O4S/c1-2-15(14-28)24-19-18(21)13-22-20(26-19)25-16-3-5-17(6-4-16)32(29,30)23-7-8-27-9-11-31-12-10-27/h3-6,13,15,23,28H,2,7-12,14H2,1H3,(H2,22,24,25,26)/t15-/m1/s1. The molecule has 1 fully saturated rings. The molecule has 4 N–H and O–H groups in total. The highest BCUT2D eigenvalue weighted by atomic mass is 79.9. The number of sulfonamides is 1. The highest BCUT2D eigenvalue weighted by Crippen LogP contribution is 2.23. The van der Waals surface area contributed by atoms with E-state index in [1.54, 1.807) is 18.3 Å². The van der Waals surface area contributed by atoms with Gasteiger partial charge in [-0.05, 0) is 46.6 Å². The number of anilines is 3. The first kappa shape index (κ1) is 24.8. The first-order valence-corrected chi connectivity index (χ1v) is 12.8. The van der Waals surface area contributed by atoms with Gasteiger partial charge in [-0.1, -0.05) is 6.92 Å². The maximum Gasteiger partial charge on any atom is 0.240 e. The van der Waals surface area contributed by atoms with Crippen molar-refractivity contribution in [3.05, 3.63) is 34.9 Å². The normalized spacial score (nSPS) is 16.0. The molecule has 0 amide bonds. The Morgan fingerprint density at radius 1 is 1.25 bits per heavy atom. The van der Waals surface area contributed by atoms with Crippen LogP contribution in [-0.2, 0) is 14.8 Å². The number of benzene rings is 1. The minimum atomic E-state index is -3.59. The average molecular weight is 529 g/mol. The van der Waals surface area contributed by atoms with Crippen molar-refractivity contribution in [3.63, 3.8) is 0 Å². The average Bonchev–Trinajstić information content (AvgIpc) is 2.80. The molecule has 1 aliphatic heterocycles. The van der Waals surface area contributed by atoms with Crippen molar-refractivity contribution >= 4 is 43.4 Å². The number of hydrogen-bond acceptors (Lipinski definition) is 9. The van der Waals surface area contributed by atoms with E-state index >= 15 is 0 Å². The van der Waals surface area contributed by atoms with Gasteiger partial charge < -0.3 is 20.5 Å². The number of rotatable bonds is 11. The number of ether oxygens (including phenoxy) is 1. The Morgan fingerprint density at radius 2 is 1.97 bits per heavy atom. The summed E-state index contributed by atoms with van der Waals surface area (Å²) in [5.41, 5.74) is 0.653. The molecule has 32 heavy (non-hydrogen) atoms. The second-order valence-corrected chi connectivity index (χ2v) is 9.94. The van der Waals surface area contributed by atoms with Crippen LogP contribution >= 0.6 is 15.9 Å². The van der Waals surface area contributed by atoms with E-state index in [2.05, 4.69) is 46.2 Å². The second-order valence-electron chi connectivity index (χ2n) is 7.32. The predicted octanol–water partition coefficient (Wildman–Crippen LogP) is 1.78. The molecule has 176 valence electrons. The van der Waals surface area contributed by atoms with Gasteiger partial charge in [0.25, 0.3) is 0 Å². The molecule has 1 aromatic heterocycles. The Morgan fingerprint density at radius 3 is 2.62 bits per heavy atom. The van der Waals surface area contributed by atoms with Crippen molar-refractivity contribution in [2.45, 2.75) is 24.3 Å². The van der Waals surface area contributed by atoms with Crippen LogP contribution in [0.4, 0.5) is 17.5 Å².